The number of aromatic nitrogens is 5. The zero-order valence-corrected chi connectivity index (χ0v) is 15.4. The molecule has 2 aromatic carbocycles. The molecule has 0 aliphatic rings. The molecule has 2 aromatic heterocycles. The van der Waals surface area contributed by atoms with E-state index in [0.717, 1.165) is 22.5 Å². The molecule has 0 atom stereocenters. The van der Waals surface area contributed by atoms with E-state index in [9.17, 15) is 5.26 Å². The zero-order valence-electron chi connectivity index (χ0n) is 15.4. The number of fused-ring (bicyclic) bond motifs is 1. The highest BCUT2D eigenvalue weighted by molar-refractivity contribution is 5.79. The zero-order chi connectivity index (χ0) is 19.0. The second-order valence-electron chi connectivity index (χ2n) is 7.35. The molecule has 0 radical (unpaired) electrons. The summed E-state index contributed by atoms with van der Waals surface area (Å²) in [5.41, 5.74) is 5.08. The Labute approximate surface area is 157 Å². The van der Waals surface area contributed by atoms with Crippen molar-refractivity contribution in [2.45, 2.75) is 26.2 Å². The van der Waals surface area contributed by atoms with Crippen LogP contribution in [0.15, 0.2) is 54.7 Å². The third kappa shape index (κ3) is 3.04. The maximum absolute atomic E-state index is 9.50. The summed E-state index contributed by atoms with van der Waals surface area (Å²) in [6.07, 6.45) is 1.79. The van der Waals surface area contributed by atoms with Gasteiger partial charge in [-0.1, -0.05) is 50.3 Å². The Balaban J connectivity index is 1.79. The van der Waals surface area contributed by atoms with Crippen molar-refractivity contribution in [2.24, 2.45) is 0 Å². The lowest BCUT2D eigenvalue weighted by Crippen LogP contribution is -2.17. The third-order valence-electron chi connectivity index (χ3n) is 4.38. The molecule has 2 heterocycles. The van der Waals surface area contributed by atoms with Crippen molar-refractivity contribution in [3.8, 4) is 23.0 Å². The molecule has 0 bridgehead atoms. The molecule has 0 aliphatic heterocycles. The Hall–Kier alpha value is -3.59. The van der Waals surface area contributed by atoms with Crippen molar-refractivity contribution in [3.05, 3.63) is 66.1 Å². The lowest BCUT2D eigenvalue weighted by atomic mass is 9.92. The summed E-state index contributed by atoms with van der Waals surface area (Å²) in [5, 5.41) is 17.8. The summed E-state index contributed by atoms with van der Waals surface area (Å²) < 4.78 is 1.83. The molecular weight excluding hydrogens is 336 g/mol. The van der Waals surface area contributed by atoms with Crippen molar-refractivity contribution in [1.29, 1.82) is 5.26 Å². The molecule has 0 aliphatic carbocycles. The van der Waals surface area contributed by atoms with E-state index in [1.807, 2.05) is 53.2 Å². The van der Waals surface area contributed by atoms with Gasteiger partial charge in [-0.25, -0.2) is 14.6 Å². The molecule has 132 valence electrons. The van der Waals surface area contributed by atoms with E-state index < -0.39 is 0 Å². The maximum Gasteiger partial charge on any atom is 0.167 e. The summed E-state index contributed by atoms with van der Waals surface area (Å²) in [5.74, 6) is 0. The second-order valence-corrected chi connectivity index (χ2v) is 7.35. The minimum atomic E-state index is -0.0695. The molecule has 27 heavy (non-hydrogen) atoms. The largest absolute Gasteiger partial charge is 0.243 e. The lowest BCUT2D eigenvalue weighted by Gasteiger charge is -2.19. The fraction of sp³-hybridized carbons (Fsp3) is 0.190. The van der Waals surface area contributed by atoms with E-state index >= 15 is 0 Å². The molecular formula is C21H18N6. The van der Waals surface area contributed by atoms with Gasteiger partial charge in [-0.15, -0.1) is 5.10 Å². The van der Waals surface area contributed by atoms with E-state index in [2.05, 4.69) is 47.1 Å². The Morgan fingerprint density at radius 1 is 0.926 bits per heavy atom. The van der Waals surface area contributed by atoms with Crippen LogP contribution in [0.3, 0.4) is 0 Å². The maximum atomic E-state index is 9.50. The van der Waals surface area contributed by atoms with Gasteiger partial charge in [0.05, 0.1) is 28.6 Å². The van der Waals surface area contributed by atoms with Gasteiger partial charge in [0.1, 0.15) is 11.8 Å². The van der Waals surface area contributed by atoms with E-state index in [1.54, 1.807) is 6.20 Å². The molecule has 0 saturated heterocycles. The predicted octanol–water partition coefficient (Wildman–Crippen LogP) is 4.05. The minimum Gasteiger partial charge on any atom is -0.243 e. The number of nitrogens with zero attached hydrogens (tertiary/aromatic N) is 6. The van der Waals surface area contributed by atoms with Gasteiger partial charge < -0.3 is 0 Å². The minimum absolute atomic E-state index is 0.0695. The fourth-order valence-electron chi connectivity index (χ4n) is 2.98. The van der Waals surface area contributed by atoms with Crippen LogP contribution in [-0.2, 0) is 5.41 Å². The number of hydrogen-bond acceptors (Lipinski definition) is 5. The normalized spacial score (nSPS) is 11.5. The average molecular weight is 354 g/mol. The first-order valence-corrected chi connectivity index (χ1v) is 8.66. The molecule has 6 heteroatoms. The van der Waals surface area contributed by atoms with Gasteiger partial charge in [0.25, 0.3) is 0 Å². The number of para-hydroxylation sites is 2. The van der Waals surface area contributed by atoms with Crippen LogP contribution in [0.4, 0.5) is 0 Å². The van der Waals surface area contributed by atoms with Crippen LogP contribution in [0.25, 0.3) is 28.0 Å². The highest BCUT2D eigenvalue weighted by atomic mass is 15.4. The van der Waals surface area contributed by atoms with Crippen LogP contribution >= 0.6 is 0 Å². The van der Waals surface area contributed by atoms with Crippen molar-refractivity contribution < 1.29 is 0 Å². The Morgan fingerprint density at radius 2 is 1.59 bits per heavy atom. The van der Waals surface area contributed by atoms with Crippen molar-refractivity contribution in [2.75, 3.05) is 0 Å². The van der Waals surface area contributed by atoms with Crippen molar-refractivity contribution in [1.82, 2.24) is 25.0 Å². The van der Waals surface area contributed by atoms with Gasteiger partial charge in [-0.2, -0.15) is 5.26 Å². The predicted molar refractivity (Wildman–Crippen MR) is 103 cm³/mol. The highest BCUT2D eigenvalue weighted by Crippen LogP contribution is 2.26. The van der Waals surface area contributed by atoms with Gasteiger partial charge in [-0.05, 0) is 24.3 Å². The van der Waals surface area contributed by atoms with Gasteiger partial charge in [0.2, 0.25) is 0 Å². The molecule has 4 aromatic rings. The van der Waals surface area contributed by atoms with Crippen LogP contribution in [0.5, 0.6) is 0 Å². The number of rotatable bonds is 2. The van der Waals surface area contributed by atoms with Crippen molar-refractivity contribution >= 4 is 11.0 Å². The number of nitriles is 1. The SMILES string of the molecule is CC(C)(C)c1cnnn1-c1ccc(-c2nc3ccccc3nc2C#N)cc1. The van der Waals surface area contributed by atoms with Crippen LogP contribution in [-0.4, -0.2) is 25.0 Å². The van der Waals surface area contributed by atoms with E-state index in [-0.39, 0.29) is 5.41 Å². The highest BCUT2D eigenvalue weighted by Gasteiger charge is 2.20. The third-order valence-corrected chi connectivity index (χ3v) is 4.38. The summed E-state index contributed by atoms with van der Waals surface area (Å²) in [6, 6.07) is 17.5. The first-order chi connectivity index (χ1) is 13.0. The molecule has 0 fully saturated rings. The van der Waals surface area contributed by atoms with Crippen LogP contribution < -0.4 is 0 Å². The number of hydrogen-bond donors (Lipinski definition) is 0. The Kier molecular flexibility index (Phi) is 3.93. The van der Waals surface area contributed by atoms with Gasteiger partial charge >= 0.3 is 0 Å². The van der Waals surface area contributed by atoms with Crippen molar-refractivity contribution in [3.63, 3.8) is 0 Å². The average Bonchev–Trinajstić information content (AvgIpc) is 3.17. The molecule has 4 rings (SSSR count). The van der Waals surface area contributed by atoms with E-state index in [0.29, 0.717) is 16.9 Å². The summed E-state index contributed by atoms with van der Waals surface area (Å²) >= 11 is 0. The smallest absolute Gasteiger partial charge is 0.167 e. The monoisotopic (exact) mass is 354 g/mol. The topological polar surface area (TPSA) is 80.3 Å². The Bertz CT molecular complexity index is 1160. The molecule has 0 N–H and O–H groups in total. The van der Waals surface area contributed by atoms with Crippen LogP contribution in [0, 0.1) is 11.3 Å². The first kappa shape index (κ1) is 16.9. The summed E-state index contributed by atoms with van der Waals surface area (Å²) in [6.45, 7) is 6.38. The van der Waals surface area contributed by atoms with Gasteiger partial charge in [-0.3, -0.25) is 0 Å². The fourth-order valence-corrected chi connectivity index (χ4v) is 2.98. The van der Waals surface area contributed by atoms with Crippen LogP contribution in [0.1, 0.15) is 32.2 Å². The second kappa shape index (κ2) is 6.29. The van der Waals surface area contributed by atoms with E-state index in [4.69, 9.17) is 0 Å². The molecule has 0 spiro atoms. The molecule has 0 unspecified atom stereocenters. The van der Waals surface area contributed by atoms with E-state index in [1.165, 1.54) is 0 Å². The van der Waals surface area contributed by atoms with Gasteiger partial charge in [0, 0.05) is 11.0 Å². The lowest BCUT2D eigenvalue weighted by molar-refractivity contribution is 0.542. The Morgan fingerprint density at radius 3 is 2.22 bits per heavy atom. The molecule has 0 amide bonds. The number of benzene rings is 2. The molecule has 0 saturated carbocycles. The first-order valence-electron chi connectivity index (χ1n) is 8.66. The molecule has 6 nitrogen and oxygen atoms in total. The quantitative estimate of drug-likeness (QED) is 0.542. The standard InChI is InChI=1S/C21H18N6/c1-21(2,3)19-13-23-26-27(19)15-10-8-14(9-11-15)20-18(12-22)24-16-6-4-5-7-17(16)25-20/h4-11,13H,1-3H3. The van der Waals surface area contributed by atoms with Crippen LogP contribution in [0.2, 0.25) is 0 Å². The summed E-state index contributed by atoms with van der Waals surface area (Å²) in [7, 11) is 0. The van der Waals surface area contributed by atoms with Gasteiger partial charge in [0.15, 0.2) is 5.69 Å². The summed E-state index contributed by atoms with van der Waals surface area (Å²) in [4.78, 5) is 9.08.